The van der Waals surface area contributed by atoms with Crippen molar-refractivity contribution in [2.75, 3.05) is 26.8 Å². The van der Waals surface area contributed by atoms with E-state index >= 15 is 0 Å². The zero-order valence-electron chi connectivity index (χ0n) is 12.8. The molecule has 1 fully saturated rings. The minimum absolute atomic E-state index is 0.0711. The molecule has 1 saturated heterocycles. The maximum absolute atomic E-state index is 12.1. The Hall–Kier alpha value is -1.40. The molecule has 5 nitrogen and oxygen atoms in total. The molecule has 21 heavy (non-hydrogen) atoms. The van der Waals surface area contributed by atoms with E-state index in [1.54, 1.807) is 18.4 Å². The lowest BCUT2D eigenvalue weighted by atomic mass is 9.79. The summed E-state index contributed by atoms with van der Waals surface area (Å²) in [5.41, 5.74) is 1.05. The van der Waals surface area contributed by atoms with Crippen molar-refractivity contribution in [2.24, 2.45) is 0 Å². The van der Waals surface area contributed by atoms with Gasteiger partial charge >= 0.3 is 0 Å². The number of fused-ring (bicyclic) bond motifs is 1. The zero-order valence-corrected chi connectivity index (χ0v) is 13.6. The highest BCUT2D eigenvalue weighted by Gasteiger charge is 2.38. The number of aromatic nitrogens is 2. The van der Waals surface area contributed by atoms with E-state index in [-0.39, 0.29) is 17.9 Å². The van der Waals surface area contributed by atoms with Crippen LogP contribution in [0.5, 0.6) is 0 Å². The summed E-state index contributed by atoms with van der Waals surface area (Å²) < 4.78 is 7.12. The van der Waals surface area contributed by atoms with Crippen molar-refractivity contribution in [2.45, 2.75) is 32.1 Å². The number of ether oxygens (including phenoxy) is 1. The average Bonchev–Trinajstić information content (AvgIpc) is 3.04. The van der Waals surface area contributed by atoms with Gasteiger partial charge in [0.25, 0.3) is 0 Å². The number of amides is 1. The quantitative estimate of drug-likeness (QED) is 0.873. The standard InChI is InChI=1S/C15H21N3O2S/c1-11-16-13(14-18(11)7-8-21-14)15(2)5-4-6-17(10-15)12(19)9-20-3/h7-8H,4-6,9-10H2,1-3H3/t15-/m0/s1. The molecule has 0 aromatic carbocycles. The minimum Gasteiger partial charge on any atom is -0.375 e. The van der Waals surface area contributed by atoms with E-state index in [0.717, 1.165) is 37.4 Å². The second-order valence-corrected chi connectivity index (χ2v) is 6.89. The van der Waals surface area contributed by atoms with Crippen LogP contribution in [0.3, 0.4) is 0 Å². The fourth-order valence-corrected chi connectivity index (χ4v) is 4.24. The Labute approximate surface area is 128 Å². The molecule has 3 rings (SSSR count). The number of nitrogens with zero attached hydrogens (tertiary/aromatic N) is 3. The van der Waals surface area contributed by atoms with Crippen LogP contribution < -0.4 is 0 Å². The third kappa shape index (κ3) is 2.46. The van der Waals surface area contributed by atoms with E-state index in [1.807, 2.05) is 11.8 Å². The number of aryl methyl sites for hydroxylation is 1. The van der Waals surface area contributed by atoms with Gasteiger partial charge in [-0.05, 0) is 19.8 Å². The maximum Gasteiger partial charge on any atom is 0.248 e. The predicted molar refractivity (Wildman–Crippen MR) is 82.8 cm³/mol. The van der Waals surface area contributed by atoms with E-state index in [0.29, 0.717) is 0 Å². The number of likely N-dealkylation sites (tertiary alicyclic amines) is 1. The first-order valence-corrected chi connectivity index (χ1v) is 8.12. The van der Waals surface area contributed by atoms with Crippen molar-refractivity contribution in [1.29, 1.82) is 0 Å². The highest BCUT2D eigenvalue weighted by molar-refractivity contribution is 7.15. The van der Waals surface area contributed by atoms with E-state index in [2.05, 4.69) is 22.9 Å². The predicted octanol–water partition coefficient (Wildman–Crippen LogP) is 2.23. The van der Waals surface area contributed by atoms with Gasteiger partial charge < -0.3 is 9.64 Å². The number of imidazole rings is 1. The number of piperidine rings is 1. The van der Waals surface area contributed by atoms with Crippen LogP contribution in [0.15, 0.2) is 11.6 Å². The summed E-state index contributed by atoms with van der Waals surface area (Å²) >= 11 is 1.72. The molecule has 2 aromatic rings. The van der Waals surface area contributed by atoms with Gasteiger partial charge in [-0.1, -0.05) is 6.92 Å². The van der Waals surface area contributed by atoms with Gasteiger partial charge in [0, 0.05) is 37.2 Å². The summed E-state index contributed by atoms with van der Waals surface area (Å²) in [7, 11) is 1.56. The van der Waals surface area contributed by atoms with Crippen LogP contribution in [0.1, 0.15) is 31.3 Å². The number of thiazole rings is 1. The third-order valence-corrected chi connectivity index (χ3v) is 5.19. The van der Waals surface area contributed by atoms with Crippen molar-refractivity contribution in [3.63, 3.8) is 0 Å². The molecule has 1 amide bonds. The van der Waals surface area contributed by atoms with E-state index in [4.69, 9.17) is 9.72 Å². The smallest absolute Gasteiger partial charge is 0.248 e. The average molecular weight is 307 g/mol. The lowest BCUT2D eigenvalue weighted by Crippen LogP contribution is -2.48. The molecule has 2 aromatic heterocycles. The van der Waals surface area contributed by atoms with Crippen molar-refractivity contribution in [3.8, 4) is 0 Å². The van der Waals surface area contributed by atoms with E-state index in [1.165, 1.54) is 4.83 Å². The molecular weight excluding hydrogens is 286 g/mol. The molecule has 114 valence electrons. The summed E-state index contributed by atoms with van der Waals surface area (Å²) in [6.07, 6.45) is 4.13. The Balaban J connectivity index is 1.92. The van der Waals surface area contributed by atoms with Crippen molar-refractivity contribution in [3.05, 3.63) is 23.1 Å². The van der Waals surface area contributed by atoms with Gasteiger partial charge in [-0.25, -0.2) is 4.98 Å². The fraction of sp³-hybridized carbons (Fsp3) is 0.600. The van der Waals surface area contributed by atoms with Gasteiger partial charge in [0.2, 0.25) is 5.91 Å². The highest BCUT2D eigenvalue weighted by atomic mass is 32.1. The Morgan fingerprint density at radius 3 is 3.14 bits per heavy atom. The number of methoxy groups -OCH3 is 1. The molecule has 3 heterocycles. The van der Waals surface area contributed by atoms with Gasteiger partial charge in [0.1, 0.15) is 17.3 Å². The minimum atomic E-state index is -0.0774. The normalized spacial score (nSPS) is 22.9. The van der Waals surface area contributed by atoms with Gasteiger partial charge in [-0.2, -0.15) is 0 Å². The summed E-state index contributed by atoms with van der Waals surface area (Å²) in [6, 6.07) is 0. The van der Waals surface area contributed by atoms with Gasteiger partial charge in [-0.15, -0.1) is 11.3 Å². The molecule has 0 radical (unpaired) electrons. The molecule has 6 heteroatoms. The first kappa shape index (κ1) is 14.5. The van der Waals surface area contributed by atoms with Crippen molar-refractivity contribution < 1.29 is 9.53 Å². The molecule has 0 saturated carbocycles. The first-order valence-electron chi connectivity index (χ1n) is 7.24. The van der Waals surface area contributed by atoms with Crippen LogP contribution in [0, 0.1) is 6.92 Å². The fourth-order valence-electron chi connectivity index (χ4n) is 3.22. The number of carbonyl (C=O) groups is 1. The second kappa shape index (κ2) is 5.42. The van der Waals surface area contributed by atoms with Crippen LogP contribution in [0.4, 0.5) is 0 Å². The lowest BCUT2D eigenvalue weighted by molar-refractivity contribution is -0.137. The first-order chi connectivity index (χ1) is 10.0. The van der Waals surface area contributed by atoms with Crippen LogP contribution in [-0.2, 0) is 14.9 Å². The van der Waals surface area contributed by atoms with Gasteiger partial charge in [-0.3, -0.25) is 9.20 Å². The SMILES string of the molecule is COCC(=O)N1CCC[C@](C)(c2nc(C)n3ccsc23)C1. The Bertz CT molecular complexity index is 663. The van der Waals surface area contributed by atoms with Crippen LogP contribution in [0.2, 0.25) is 0 Å². The number of carbonyl (C=O) groups excluding carboxylic acids is 1. The van der Waals surface area contributed by atoms with Gasteiger partial charge in [0.15, 0.2) is 0 Å². The molecule has 0 unspecified atom stereocenters. The van der Waals surface area contributed by atoms with Crippen molar-refractivity contribution in [1.82, 2.24) is 14.3 Å². The third-order valence-electron chi connectivity index (χ3n) is 4.32. The summed E-state index contributed by atoms with van der Waals surface area (Å²) in [4.78, 5) is 20.0. The molecule has 1 aliphatic heterocycles. The molecule has 0 aliphatic carbocycles. The van der Waals surface area contributed by atoms with Gasteiger partial charge in [0.05, 0.1) is 5.69 Å². The Morgan fingerprint density at radius 2 is 2.38 bits per heavy atom. The molecule has 0 bridgehead atoms. The van der Waals surface area contributed by atoms with E-state index < -0.39 is 0 Å². The van der Waals surface area contributed by atoms with Crippen LogP contribution in [-0.4, -0.2) is 47.0 Å². The number of rotatable bonds is 3. The van der Waals surface area contributed by atoms with Crippen LogP contribution in [0.25, 0.3) is 4.83 Å². The molecule has 0 spiro atoms. The molecule has 0 N–H and O–H groups in total. The topological polar surface area (TPSA) is 46.8 Å². The van der Waals surface area contributed by atoms with Crippen LogP contribution >= 0.6 is 11.3 Å². The van der Waals surface area contributed by atoms with E-state index in [9.17, 15) is 4.79 Å². The molecule has 1 aliphatic rings. The summed E-state index contributed by atoms with van der Waals surface area (Å²) in [6.45, 7) is 5.95. The zero-order chi connectivity index (χ0) is 15.0. The highest BCUT2D eigenvalue weighted by Crippen LogP contribution is 2.37. The monoisotopic (exact) mass is 307 g/mol. The lowest BCUT2D eigenvalue weighted by Gasteiger charge is -2.39. The second-order valence-electron chi connectivity index (χ2n) is 6.00. The Morgan fingerprint density at radius 1 is 1.57 bits per heavy atom. The maximum atomic E-state index is 12.1. The Kier molecular flexibility index (Phi) is 3.75. The summed E-state index contributed by atoms with van der Waals surface area (Å²) in [5, 5.41) is 2.09. The number of hydrogen-bond acceptors (Lipinski definition) is 4. The molecule has 1 atom stereocenters. The van der Waals surface area contributed by atoms with Crippen molar-refractivity contribution >= 4 is 22.1 Å². The largest absolute Gasteiger partial charge is 0.375 e. The summed E-state index contributed by atoms with van der Waals surface area (Å²) in [5.74, 6) is 1.09. The molecular formula is C15H21N3O2S. The number of hydrogen-bond donors (Lipinski definition) is 0.